The summed E-state index contributed by atoms with van der Waals surface area (Å²) in [6.07, 6.45) is 4.89. The van der Waals surface area contributed by atoms with Gasteiger partial charge in [0.2, 0.25) is 0 Å². The number of ether oxygens (including phenoxy) is 1. The Labute approximate surface area is 161 Å². The van der Waals surface area contributed by atoms with Crippen LogP contribution < -0.4 is 4.74 Å². The van der Waals surface area contributed by atoms with E-state index in [1.54, 1.807) is 23.5 Å². The molecule has 3 aromatic rings. The molecule has 1 unspecified atom stereocenters. The molecule has 2 heterocycles. The molecule has 0 saturated carbocycles. The molecule has 6 nitrogen and oxygen atoms in total. The van der Waals surface area contributed by atoms with E-state index >= 15 is 0 Å². The second-order valence-electron chi connectivity index (χ2n) is 6.49. The van der Waals surface area contributed by atoms with Gasteiger partial charge >= 0.3 is 5.97 Å². The number of fused-ring (bicyclic) bond motifs is 1. The molecular formula is C21H18FN3O3. The van der Waals surface area contributed by atoms with E-state index in [2.05, 4.69) is 9.97 Å². The van der Waals surface area contributed by atoms with Crippen LogP contribution in [0.25, 0.3) is 11.3 Å². The minimum absolute atomic E-state index is 0.315. The molecule has 7 heteroatoms. The summed E-state index contributed by atoms with van der Waals surface area (Å²) < 4.78 is 19.5. The van der Waals surface area contributed by atoms with E-state index in [1.165, 1.54) is 18.2 Å². The van der Waals surface area contributed by atoms with Gasteiger partial charge in [0.05, 0.1) is 11.9 Å². The molecular weight excluding hydrogens is 361 g/mol. The van der Waals surface area contributed by atoms with Gasteiger partial charge in [-0.05, 0) is 23.8 Å². The van der Waals surface area contributed by atoms with Crippen LogP contribution in [-0.4, -0.2) is 39.1 Å². The largest absolute Gasteiger partial charge is 0.492 e. The van der Waals surface area contributed by atoms with Crippen molar-refractivity contribution in [1.82, 2.24) is 14.9 Å². The van der Waals surface area contributed by atoms with Crippen molar-refractivity contribution in [3.05, 3.63) is 78.0 Å². The molecule has 1 N–H and O–H groups in total. The number of benzene rings is 2. The molecule has 142 valence electrons. The van der Waals surface area contributed by atoms with Gasteiger partial charge in [-0.2, -0.15) is 0 Å². The molecule has 0 amide bonds. The lowest BCUT2D eigenvalue weighted by atomic mass is 10.0. The van der Waals surface area contributed by atoms with Crippen molar-refractivity contribution in [3.63, 3.8) is 0 Å². The van der Waals surface area contributed by atoms with Crippen LogP contribution in [0.2, 0.25) is 0 Å². The number of halogens is 1. The zero-order valence-electron chi connectivity index (χ0n) is 15.0. The average molecular weight is 379 g/mol. The standard InChI is InChI=1S/C21H18FN3O3/c22-15-5-6-19-17(11-15)20(21(26)27)25(9-10-28-19)13-14-3-1-2-4-16(14)18-12-23-7-8-24-18/h1-8,11-12,20H,9-10,13H2,(H,26,27). The molecule has 1 atom stereocenters. The zero-order valence-corrected chi connectivity index (χ0v) is 15.0. The number of carboxylic acid groups (broad SMARTS) is 1. The third-order valence-electron chi connectivity index (χ3n) is 4.73. The van der Waals surface area contributed by atoms with Gasteiger partial charge in [0.25, 0.3) is 0 Å². The molecule has 2 aromatic carbocycles. The Hall–Kier alpha value is -3.32. The molecule has 0 saturated heterocycles. The SMILES string of the molecule is O=C(O)C1c2cc(F)ccc2OCCN1Cc1ccccc1-c1cnccn1. The predicted molar refractivity (Wildman–Crippen MR) is 100 cm³/mol. The van der Waals surface area contributed by atoms with Gasteiger partial charge in [0.1, 0.15) is 24.2 Å². The van der Waals surface area contributed by atoms with Crippen molar-refractivity contribution in [2.75, 3.05) is 13.2 Å². The van der Waals surface area contributed by atoms with Crippen LogP contribution in [0, 0.1) is 5.82 Å². The van der Waals surface area contributed by atoms with Crippen LogP contribution in [0.1, 0.15) is 17.2 Å². The number of rotatable bonds is 4. The third kappa shape index (κ3) is 3.57. The molecule has 0 bridgehead atoms. The summed E-state index contributed by atoms with van der Waals surface area (Å²) in [5, 5.41) is 9.89. The van der Waals surface area contributed by atoms with Gasteiger partial charge < -0.3 is 9.84 Å². The molecule has 1 aliphatic heterocycles. The molecule has 0 spiro atoms. The average Bonchev–Trinajstić information content (AvgIpc) is 2.87. The predicted octanol–water partition coefficient (Wildman–Crippen LogP) is 3.30. The fourth-order valence-corrected chi connectivity index (χ4v) is 3.49. The number of nitrogens with zero attached hydrogens (tertiary/aromatic N) is 3. The molecule has 1 aliphatic rings. The first kappa shape index (κ1) is 18.1. The molecule has 0 fully saturated rings. The fourth-order valence-electron chi connectivity index (χ4n) is 3.49. The van der Waals surface area contributed by atoms with Gasteiger partial charge in [0, 0.05) is 36.6 Å². The Morgan fingerprint density at radius 2 is 2.11 bits per heavy atom. The number of hydrogen-bond donors (Lipinski definition) is 1. The second-order valence-corrected chi connectivity index (χ2v) is 6.49. The van der Waals surface area contributed by atoms with E-state index in [-0.39, 0.29) is 0 Å². The fraction of sp³-hybridized carbons (Fsp3) is 0.190. The number of aromatic nitrogens is 2. The minimum atomic E-state index is -1.05. The maximum atomic E-state index is 13.8. The summed E-state index contributed by atoms with van der Waals surface area (Å²) in [5.74, 6) is -1.14. The van der Waals surface area contributed by atoms with Gasteiger partial charge in [-0.15, -0.1) is 0 Å². The first-order chi connectivity index (χ1) is 13.6. The van der Waals surface area contributed by atoms with E-state index < -0.39 is 17.8 Å². The van der Waals surface area contributed by atoms with Gasteiger partial charge in [-0.25, -0.2) is 4.39 Å². The van der Waals surface area contributed by atoms with Crippen LogP contribution >= 0.6 is 0 Å². The monoisotopic (exact) mass is 379 g/mol. The first-order valence-electron chi connectivity index (χ1n) is 8.87. The van der Waals surface area contributed by atoms with Crippen LogP contribution in [0.15, 0.2) is 61.1 Å². The third-order valence-corrected chi connectivity index (χ3v) is 4.73. The van der Waals surface area contributed by atoms with Crippen molar-refractivity contribution in [1.29, 1.82) is 0 Å². The van der Waals surface area contributed by atoms with Crippen molar-refractivity contribution in [3.8, 4) is 17.0 Å². The highest BCUT2D eigenvalue weighted by atomic mass is 19.1. The van der Waals surface area contributed by atoms with Crippen LogP contribution in [0.3, 0.4) is 0 Å². The van der Waals surface area contributed by atoms with Gasteiger partial charge in [-0.3, -0.25) is 19.7 Å². The van der Waals surface area contributed by atoms with Crippen molar-refractivity contribution < 1.29 is 19.0 Å². The second kappa shape index (κ2) is 7.74. The quantitative estimate of drug-likeness (QED) is 0.750. The highest BCUT2D eigenvalue weighted by Crippen LogP contribution is 2.35. The maximum absolute atomic E-state index is 13.8. The molecule has 0 aliphatic carbocycles. The molecule has 0 radical (unpaired) electrons. The van der Waals surface area contributed by atoms with Gasteiger partial charge in [0.15, 0.2) is 0 Å². The van der Waals surface area contributed by atoms with Crippen molar-refractivity contribution in [2.45, 2.75) is 12.6 Å². The first-order valence-corrected chi connectivity index (χ1v) is 8.87. The molecule has 4 rings (SSSR count). The number of hydrogen-bond acceptors (Lipinski definition) is 5. The molecule has 1 aromatic heterocycles. The van der Waals surface area contributed by atoms with E-state index in [4.69, 9.17) is 4.74 Å². The van der Waals surface area contributed by atoms with E-state index in [9.17, 15) is 14.3 Å². The topological polar surface area (TPSA) is 75.6 Å². The Bertz CT molecular complexity index is 997. The lowest BCUT2D eigenvalue weighted by molar-refractivity contribution is -0.143. The normalized spacial score (nSPS) is 16.7. The van der Waals surface area contributed by atoms with E-state index in [0.29, 0.717) is 36.7 Å². The van der Waals surface area contributed by atoms with Crippen LogP contribution in [-0.2, 0) is 11.3 Å². The van der Waals surface area contributed by atoms with Crippen molar-refractivity contribution in [2.24, 2.45) is 0 Å². The Balaban J connectivity index is 1.73. The summed E-state index contributed by atoms with van der Waals surface area (Å²) >= 11 is 0. The van der Waals surface area contributed by atoms with Gasteiger partial charge in [-0.1, -0.05) is 24.3 Å². The lowest BCUT2D eigenvalue weighted by Crippen LogP contribution is -2.34. The van der Waals surface area contributed by atoms with E-state index in [0.717, 1.165) is 11.1 Å². The Morgan fingerprint density at radius 3 is 2.89 bits per heavy atom. The summed E-state index contributed by atoms with van der Waals surface area (Å²) in [5.41, 5.74) is 2.82. The molecule has 28 heavy (non-hydrogen) atoms. The Kier molecular flexibility index (Phi) is 4.99. The summed E-state index contributed by atoms with van der Waals surface area (Å²) in [7, 11) is 0. The summed E-state index contributed by atoms with van der Waals surface area (Å²) in [6, 6.07) is 10.6. The lowest BCUT2D eigenvalue weighted by Gasteiger charge is -2.27. The Morgan fingerprint density at radius 1 is 1.25 bits per heavy atom. The summed E-state index contributed by atoms with van der Waals surface area (Å²) in [6.45, 7) is 1.06. The highest BCUT2D eigenvalue weighted by molar-refractivity contribution is 5.77. The van der Waals surface area contributed by atoms with Crippen molar-refractivity contribution >= 4 is 5.97 Å². The number of carboxylic acids is 1. The zero-order chi connectivity index (χ0) is 19.5. The smallest absolute Gasteiger partial charge is 0.325 e. The van der Waals surface area contributed by atoms with Crippen LogP contribution in [0.5, 0.6) is 5.75 Å². The number of aliphatic carboxylic acids is 1. The van der Waals surface area contributed by atoms with E-state index in [1.807, 2.05) is 24.3 Å². The van der Waals surface area contributed by atoms with Crippen LogP contribution in [0.4, 0.5) is 4.39 Å². The maximum Gasteiger partial charge on any atom is 0.325 e. The minimum Gasteiger partial charge on any atom is -0.492 e. The number of carbonyl (C=O) groups is 1. The summed E-state index contributed by atoms with van der Waals surface area (Å²) in [4.78, 5) is 22.3. The highest BCUT2D eigenvalue weighted by Gasteiger charge is 2.33.